The number of hydrogen-bond acceptors (Lipinski definition) is 3. The Morgan fingerprint density at radius 2 is 1.24 bits per heavy atom. The molecular formula is C18H25N3. The van der Waals surface area contributed by atoms with Crippen LogP contribution in [0.4, 0.5) is 11.6 Å². The van der Waals surface area contributed by atoms with Crippen molar-refractivity contribution < 1.29 is 0 Å². The Labute approximate surface area is 127 Å². The minimum atomic E-state index is 0.478. The third kappa shape index (κ3) is 4.03. The molecule has 0 aliphatic carbocycles. The summed E-state index contributed by atoms with van der Waals surface area (Å²) >= 11 is 0. The lowest BCUT2D eigenvalue weighted by Gasteiger charge is -2.12. The van der Waals surface area contributed by atoms with Crippen molar-refractivity contribution in [2.24, 2.45) is 0 Å². The van der Waals surface area contributed by atoms with Crippen molar-refractivity contribution in [1.82, 2.24) is 9.97 Å². The van der Waals surface area contributed by atoms with Crippen LogP contribution < -0.4 is 5.32 Å². The van der Waals surface area contributed by atoms with Gasteiger partial charge in [-0.05, 0) is 48.9 Å². The summed E-state index contributed by atoms with van der Waals surface area (Å²) < 4.78 is 0. The molecule has 1 N–H and O–H groups in total. The van der Waals surface area contributed by atoms with Gasteiger partial charge in [0.15, 0.2) is 0 Å². The van der Waals surface area contributed by atoms with Crippen molar-refractivity contribution in [3.05, 3.63) is 47.8 Å². The zero-order valence-corrected chi connectivity index (χ0v) is 13.4. The Hall–Kier alpha value is -1.90. The highest BCUT2D eigenvalue weighted by atomic mass is 15.1. The van der Waals surface area contributed by atoms with E-state index < -0.39 is 0 Å². The van der Waals surface area contributed by atoms with Gasteiger partial charge in [0.2, 0.25) is 0 Å². The fourth-order valence-electron chi connectivity index (χ4n) is 2.14. The summed E-state index contributed by atoms with van der Waals surface area (Å²) in [5.74, 6) is 2.68. The number of hydrogen-bond donors (Lipinski definition) is 1. The van der Waals surface area contributed by atoms with Crippen molar-refractivity contribution in [2.45, 2.75) is 52.4 Å². The summed E-state index contributed by atoms with van der Waals surface area (Å²) in [4.78, 5) is 9.36. The SMILES string of the molecule is CCC(C)c1cccc(Nc2cccc(C(C)CC)n2)n1. The van der Waals surface area contributed by atoms with E-state index >= 15 is 0 Å². The zero-order chi connectivity index (χ0) is 15.2. The van der Waals surface area contributed by atoms with Crippen molar-refractivity contribution >= 4 is 11.6 Å². The summed E-state index contributed by atoms with van der Waals surface area (Å²) in [5, 5.41) is 3.32. The minimum Gasteiger partial charge on any atom is -0.325 e. The fourth-order valence-corrected chi connectivity index (χ4v) is 2.14. The molecule has 0 bridgehead atoms. The molecule has 0 fully saturated rings. The summed E-state index contributed by atoms with van der Waals surface area (Å²) in [5.41, 5.74) is 2.25. The van der Waals surface area contributed by atoms with Crippen LogP contribution in [0.5, 0.6) is 0 Å². The van der Waals surface area contributed by atoms with E-state index in [2.05, 4.69) is 67.2 Å². The van der Waals surface area contributed by atoms with E-state index in [4.69, 9.17) is 0 Å². The predicted molar refractivity (Wildman–Crippen MR) is 89.2 cm³/mol. The van der Waals surface area contributed by atoms with Crippen molar-refractivity contribution in [2.75, 3.05) is 5.32 Å². The van der Waals surface area contributed by atoms with Gasteiger partial charge in [0.05, 0.1) is 0 Å². The molecule has 0 radical (unpaired) electrons. The molecule has 0 aliphatic heterocycles. The maximum atomic E-state index is 4.68. The van der Waals surface area contributed by atoms with Gasteiger partial charge < -0.3 is 5.32 Å². The van der Waals surface area contributed by atoms with Gasteiger partial charge in [-0.3, -0.25) is 0 Å². The molecule has 0 spiro atoms. The largest absolute Gasteiger partial charge is 0.325 e. The average Bonchev–Trinajstić information content (AvgIpc) is 2.53. The molecule has 2 aromatic rings. The number of aromatic nitrogens is 2. The lowest BCUT2D eigenvalue weighted by Crippen LogP contribution is -2.03. The van der Waals surface area contributed by atoms with Crippen LogP contribution in [0.1, 0.15) is 63.8 Å². The minimum absolute atomic E-state index is 0.478. The quantitative estimate of drug-likeness (QED) is 0.787. The number of anilines is 2. The maximum absolute atomic E-state index is 4.68. The zero-order valence-electron chi connectivity index (χ0n) is 13.4. The molecule has 0 amide bonds. The van der Waals surface area contributed by atoms with Crippen LogP contribution in [-0.4, -0.2) is 9.97 Å². The highest BCUT2D eigenvalue weighted by Gasteiger charge is 2.08. The van der Waals surface area contributed by atoms with Crippen molar-refractivity contribution in [1.29, 1.82) is 0 Å². The second-order valence-electron chi connectivity index (χ2n) is 5.64. The monoisotopic (exact) mass is 283 g/mol. The summed E-state index contributed by atoms with van der Waals surface area (Å²) in [6.45, 7) is 8.77. The van der Waals surface area contributed by atoms with E-state index in [-0.39, 0.29) is 0 Å². The fraction of sp³-hybridized carbons (Fsp3) is 0.444. The number of nitrogens with zero attached hydrogens (tertiary/aromatic N) is 2. The van der Waals surface area contributed by atoms with Crippen molar-refractivity contribution in [3.8, 4) is 0 Å². The summed E-state index contributed by atoms with van der Waals surface area (Å²) in [7, 11) is 0. The molecule has 2 aromatic heterocycles. The molecule has 3 heteroatoms. The number of nitrogens with one attached hydrogen (secondary N) is 1. The highest BCUT2D eigenvalue weighted by molar-refractivity contribution is 5.52. The Bertz CT molecular complexity index is 529. The molecule has 112 valence electrons. The standard InChI is InChI=1S/C18H25N3/c1-5-13(3)15-9-7-11-17(19-15)21-18-12-8-10-16(20-18)14(4)6-2/h7-14H,5-6H2,1-4H3,(H,19,20,21). The molecule has 2 rings (SSSR count). The van der Waals surface area contributed by atoms with E-state index in [1.165, 1.54) is 0 Å². The molecule has 2 atom stereocenters. The lowest BCUT2D eigenvalue weighted by atomic mass is 10.0. The first kappa shape index (κ1) is 15.5. The third-order valence-electron chi connectivity index (χ3n) is 4.03. The van der Waals surface area contributed by atoms with E-state index in [1.807, 2.05) is 12.1 Å². The second-order valence-corrected chi connectivity index (χ2v) is 5.64. The molecule has 2 unspecified atom stereocenters. The van der Waals surface area contributed by atoms with Gasteiger partial charge in [-0.2, -0.15) is 0 Å². The number of rotatable bonds is 6. The molecule has 2 heterocycles. The molecule has 21 heavy (non-hydrogen) atoms. The highest BCUT2D eigenvalue weighted by Crippen LogP contribution is 2.21. The van der Waals surface area contributed by atoms with Gasteiger partial charge in [-0.25, -0.2) is 9.97 Å². The summed E-state index contributed by atoms with van der Waals surface area (Å²) in [6.07, 6.45) is 2.19. The van der Waals surface area contributed by atoms with E-state index in [0.717, 1.165) is 35.9 Å². The molecule has 0 aromatic carbocycles. The van der Waals surface area contributed by atoms with Crippen LogP contribution >= 0.6 is 0 Å². The van der Waals surface area contributed by atoms with Gasteiger partial charge in [0, 0.05) is 11.4 Å². The van der Waals surface area contributed by atoms with Gasteiger partial charge in [0.1, 0.15) is 11.6 Å². The Morgan fingerprint density at radius 1 is 0.810 bits per heavy atom. The van der Waals surface area contributed by atoms with E-state index in [9.17, 15) is 0 Å². The van der Waals surface area contributed by atoms with Gasteiger partial charge in [-0.15, -0.1) is 0 Å². The Balaban J connectivity index is 2.18. The normalized spacial score (nSPS) is 13.7. The van der Waals surface area contributed by atoms with E-state index in [1.54, 1.807) is 0 Å². The molecular weight excluding hydrogens is 258 g/mol. The van der Waals surface area contributed by atoms with Crippen LogP contribution in [0.15, 0.2) is 36.4 Å². The Morgan fingerprint density at radius 3 is 1.62 bits per heavy atom. The first-order valence-electron chi connectivity index (χ1n) is 7.85. The number of pyridine rings is 2. The summed E-state index contributed by atoms with van der Waals surface area (Å²) in [6, 6.07) is 12.3. The van der Waals surface area contributed by atoms with Crippen LogP contribution in [0.2, 0.25) is 0 Å². The molecule has 0 saturated carbocycles. The topological polar surface area (TPSA) is 37.8 Å². The van der Waals surface area contributed by atoms with Crippen molar-refractivity contribution in [3.63, 3.8) is 0 Å². The molecule has 0 aliphatic rings. The lowest BCUT2D eigenvalue weighted by molar-refractivity contribution is 0.707. The van der Waals surface area contributed by atoms with Crippen LogP contribution in [0.25, 0.3) is 0 Å². The maximum Gasteiger partial charge on any atom is 0.131 e. The molecule has 0 saturated heterocycles. The van der Waals surface area contributed by atoms with Crippen LogP contribution in [-0.2, 0) is 0 Å². The Kier molecular flexibility index (Phi) is 5.32. The predicted octanol–water partition coefficient (Wildman–Crippen LogP) is 5.25. The van der Waals surface area contributed by atoms with Gasteiger partial charge in [0.25, 0.3) is 0 Å². The van der Waals surface area contributed by atoms with Gasteiger partial charge in [-0.1, -0.05) is 39.8 Å². The second kappa shape index (κ2) is 7.21. The first-order valence-corrected chi connectivity index (χ1v) is 7.85. The smallest absolute Gasteiger partial charge is 0.131 e. The average molecular weight is 283 g/mol. The van der Waals surface area contributed by atoms with Crippen LogP contribution in [0, 0.1) is 0 Å². The first-order chi connectivity index (χ1) is 10.1. The third-order valence-corrected chi connectivity index (χ3v) is 4.03. The molecule has 3 nitrogen and oxygen atoms in total. The van der Waals surface area contributed by atoms with E-state index in [0.29, 0.717) is 11.8 Å². The van der Waals surface area contributed by atoms with Gasteiger partial charge >= 0.3 is 0 Å². The van der Waals surface area contributed by atoms with Crippen LogP contribution in [0.3, 0.4) is 0 Å².